The first-order valence-corrected chi connectivity index (χ1v) is 8.50. The molecule has 1 amide bonds. The number of carbonyl (C=O) groups excluding carboxylic acids is 1. The Morgan fingerprint density at radius 1 is 1.15 bits per heavy atom. The third-order valence-corrected chi connectivity index (χ3v) is 4.32. The van der Waals surface area contributed by atoms with E-state index < -0.39 is 0 Å². The average Bonchev–Trinajstić information content (AvgIpc) is 3.28. The summed E-state index contributed by atoms with van der Waals surface area (Å²) >= 11 is 0. The molecular weight excluding hydrogens is 348 g/mol. The van der Waals surface area contributed by atoms with Crippen molar-refractivity contribution in [3.8, 4) is 22.9 Å². The molecule has 0 radical (unpaired) electrons. The van der Waals surface area contributed by atoms with Crippen LogP contribution in [0, 0.1) is 0 Å². The van der Waals surface area contributed by atoms with E-state index in [0.717, 1.165) is 5.56 Å². The van der Waals surface area contributed by atoms with Crippen LogP contribution in [0.3, 0.4) is 0 Å². The first-order valence-electron chi connectivity index (χ1n) is 8.50. The molecular formula is C19H18N4O4. The summed E-state index contributed by atoms with van der Waals surface area (Å²) in [7, 11) is 1.68. The lowest BCUT2D eigenvalue weighted by Crippen LogP contribution is -2.31. The maximum Gasteiger partial charge on any atom is 0.345 e. The minimum absolute atomic E-state index is 0.159. The normalized spacial score (nSPS) is 12.2. The van der Waals surface area contributed by atoms with Gasteiger partial charge in [0.1, 0.15) is 0 Å². The van der Waals surface area contributed by atoms with Gasteiger partial charge >= 0.3 is 5.69 Å². The minimum Gasteiger partial charge on any atom is -0.454 e. The van der Waals surface area contributed by atoms with Crippen LogP contribution < -0.4 is 20.5 Å². The molecule has 0 unspecified atom stereocenters. The highest BCUT2D eigenvalue weighted by molar-refractivity contribution is 5.94. The molecule has 3 aromatic rings. The molecule has 1 aliphatic heterocycles. The van der Waals surface area contributed by atoms with Crippen molar-refractivity contribution in [1.82, 2.24) is 19.7 Å². The quantitative estimate of drug-likeness (QED) is 0.738. The predicted molar refractivity (Wildman–Crippen MR) is 97.8 cm³/mol. The van der Waals surface area contributed by atoms with Gasteiger partial charge in [0.2, 0.25) is 6.79 Å². The van der Waals surface area contributed by atoms with Crippen LogP contribution >= 0.6 is 0 Å². The Morgan fingerprint density at radius 3 is 2.74 bits per heavy atom. The zero-order valence-corrected chi connectivity index (χ0v) is 14.7. The molecule has 0 bridgehead atoms. The van der Waals surface area contributed by atoms with Crippen molar-refractivity contribution in [3.63, 3.8) is 0 Å². The van der Waals surface area contributed by atoms with E-state index in [4.69, 9.17) is 9.47 Å². The Kier molecular flexibility index (Phi) is 4.37. The Hall–Kier alpha value is -3.55. The highest BCUT2D eigenvalue weighted by atomic mass is 16.7. The summed E-state index contributed by atoms with van der Waals surface area (Å²) in [6, 6.07) is 14.5. The standard InChI is InChI=1S/C19H18N4O4/c1-22-17(13-5-3-2-4-6-13)21-23(19(22)25)10-9-20-18(24)14-7-8-15-16(11-14)27-12-26-15/h2-8,11H,9-10,12H2,1H3,(H,20,24). The van der Waals surface area contributed by atoms with Crippen LogP contribution in [0.2, 0.25) is 0 Å². The molecule has 4 rings (SSSR count). The lowest BCUT2D eigenvalue weighted by molar-refractivity contribution is 0.0951. The maximum absolute atomic E-state index is 12.4. The summed E-state index contributed by atoms with van der Waals surface area (Å²) in [5.41, 5.74) is 1.10. The summed E-state index contributed by atoms with van der Waals surface area (Å²) in [4.78, 5) is 24.6. The van der Waals surface area contributed by atoms with Crippen LogP contribution in [-0.2, 0) is 13.6 Å². The average molecular weight is 366 g/mol. The monoisotopic (exact) mass is 366 g/mol. The summed E-state index contributed by atoms with van der Waals surface area (Å²) in [5, 5.41) is 7.17. The van der Waals surface area contributed by atoms with Gasteiger partial charge in [-0.3, -0.25) is 9.36 Å². The number of carbonyl (C=O) groups is 1. The van der Waals surface area contributed by atoms with Crippen molar-refractivity contribution >= 4 is 5.91 Å². The number of nitrogens with zero attached hydrogens (tertiary/aromatic N) is 3. The molecule has 0 saturated carbocycles. The van der Waals surface area contributed by atoms with Crippen LogP contribution in [0.4, 0.5) is 0 Å². The van der Waals surface area contributed by atoms with Crippen molar-refractivity contribution in [2.45, 2.75) is 6.54 Å². The van der Waals surface area contributed by atoms with Gasteiger partial charge in [0.05, 0.1) is 6.54 Å². The van der Waals surface area contributed by atoms with Crippen molar-refractivity contribution in [2.75, 3.05) is 13.3 Å². The van der Waals surface area contributed by atoms with Crippen molar-refractivity contribution in [3.05, 3.63) is 64.6 Å². The first-order chi connectivity index (χ1) is 13.1. The fraction of sp³-hybridized carbons (Fsp3) is 0.211. The van der Waals surface area contributed by atoms with E-state index in [1.807, 2.05) is 30.3 Å². The molecule has 0 atom stereocenters. The fourth-order valence-electron chi connectivity index (χ4n) is 2.89. The van der Waals surface area contributed by atoms with E-state index in [9.17, 15) is 9.59 Å². The molecule has 138 valence electrons. The van der Waals surface area contributed by atoms with Gasteiger partial charge in [-0.2, -0.15) is 0 Å². The number of amides is 1. The molecule has 2 heterocycles. The molecule has 2 aromatic carbocycles. The third kappa shape index (κ3) is 3.29. The number of aromatic nitrogens is 3. The fourth-order valence-corrected chi connectivity index (χ4v) is 2.89. The number of hydrogen-bond acceptors (Lipinski definition) is 5. The third-order valence-electron chi connectivity index (χ3n) is 4.32. The van der Waals surface area contributed by atoms with Crippen LogP contribution in [0.15, 0.2) is 53.3 Å². The van der Waals surface area contributed by atoms with Crippen LogP contribution in [-0.4, -0.2) is 33.6 Å². The van der Waals surface area contributed by atoms with Crippen molar-refractivity contribution in [1.29, 1.82) is 0 Å². The lowest BCUT2D eigenvalue weighted by atomic mass is 10.2. The zero-order chi connectivity index (χ0) is 18.8. The molecule has 27 heavy (non-hydrogen) atoms. The van der Waals surface area contributed by atoms with E-state index in [2.05, 4.69) is 10.4 Å². The topological polar surface area (TPSA) is 87.4 Å². The second-order valence-corrected chi connectivity index (χ2v) is 6.08. The number of nitrogens with one attached hydrogen (secondary N) is 1. The molecule has 8 heteroatoms. The molecule has 1 aromatic heterocycles. The summed E-state index contributed by atoms with van der Waals surface area (Å²) < 4.78 is 13.4. The van der Waals surface area contributed by atoms with E-state index in [1.165, 1.54) is 9.25 Å². The Labute approximate surface area is 155 Å². The number of hydrogen-bond donors (Lipinski definition) is 1. The minimum atomic E-state index is -0.249. The van der Waals surface area contributed by atoms with Crippen LogP contribution in [0.25, 0.3) is 11.4 Å². The van der Waals surface area contributed by atoms with Crippen molar-refractivity contribution in [2.24, 2.45) is 7.05 Å². The lowest BCUT2D eigenvalue weighted by Gasteiger charge is -2.05. The van der Waals surface area contributed by atoms with Gasteiger partial charge in [0, 0.05) is 24.7 Å². The Bertz CT molecular complexity index is 1040. The van der Waals surface area contributed by atoms with E-state index in [1.54, 1.807) is 25.2 Å². The van der Waals surface area contributed by atoms with Crippen LogP contribution in [0.1, 0.15) is 10.4 Å². The Morgan fingerprint density at radius 2 is 1.93 bits per heavy atom. The van der Waals surface area contributed by atoms with Gasteiger partial charge < -0.3 is 14.8 Å². The molecule has 1 aliphatic rings. The van der Waals surface area contributed by atoms with Gasteiger partial charge in [-0.25, -0.2) is 9.48 Å². The van der Waals surface area contributed by atoms with E-state index in [-0.39, 0.29) is 31.5 Å². The Balaban J connectivity index is 1.42. The molecule has 0 spiro atoms. The largest absolute Gasteiger partial charge is 0.454 e. The van der Waals surface area contributed by atoms with Gasteiger partial charge in [-0.05, 0) is 18.2 Å². The molecule has 0 fully saturated rings. The van der Waals surface area contributed by atoms with Crippen LogP contribution in [0.5, 0.6) is 11.5 Å². The van der Waals surface area contributed by atoms with Crippen molar-refractivity contribution < 1.29 is 14.3 Å². The number of benzene rings is 2. The summed E-state index contributed by atoms with van der Waals surface area (Å²) in [6.07, 6.45) is 0. The SMILES string of the molecule is Cn1c(-c2ccccc2)nn(CCNC(=O)c2ccc3c(c2)OCO3)c1=O. The van der Waals surface area contributed by atoms with Gasteiger partial charge in [0.25, 0.3) is 5.91 Å². The van der Waals surface area contributed by atoms with Gasteiger partial charge in [0.15, 0.2) is 17.3 Å². The number of rotatable bonds is 5. The van der Waals surface area contributed by atoms with E-state index >= 15 is 0 Å². The smallest absolute Gasteiger partial charge is 0.345 e. The summed E-state index contributed by atoms with van der Waals surface area (Å²) in [6.45, 7) is 0.709. The zero-order valence-electron chi connectivity index (χ0n) is 14.7. The summed E-state index contributed by atoms with van der Waals surface area (Å²) in [5.74, 6) is 1.51. The molecule has 0 saturated heterocycles. The van der Waals surface area contributed by atoms with Gasteiger partial charge in [-0.1, -0.05) is 30.3 Å². The highest BCUT2D eigenvalue weighted by Gasteiger charge is 2.16. The molecule has 8 nitrogen and oxygen atoms in total. The van der Waals surface area contributed by atoms with E-state index in [0.29, 0.717) is 22.9 Å². The highest BCUT2D eigenvalue weighted by Crippen LogP contribution is 2.32. The van der Waals surface area contributed by atoms with Gasteiger partial charge in [-0.15, -0.1) is 5.10 Å². The number of ether oxygens (including phenoxy) is 2. The molecule has 1 N–H and O–H groups in total. The second-order valence-electron chi connectivity index (χ2n) is 6.08. The number of fused-ring (bicyclic) bond motifs is 1. The maximum atomic E-state index is 12.4. The molecule has 0 aliphatic carbocycles. The first kappa shape index (κ1) is 16.9. The second kappa shape index (κ2) is 6.99. The predicted octanol–water partition coefficient (Wildman–Crippen LogP) is 1.41.